The van der Waals surface area contributed by atoms with Crippen molar-refractivity contribution in [1.29, 1.82) is 0 Å². The maximum atomic E-state index is 14.0. The number of esters is 1. The number of aliphatic hydroxyl groups excluding tert-OH is 1. The Morgan fingerprint density at radius 3 is 2.56 bits per heavy atom. The molecule has 2 unspecified atom stereocenters. The van der Waals surface area contributed by atoms with Crippen molar-refractivity contribution >= 4 is 13.7 Å². The predicted molar refractivity (Wildman–Crippen MR) is 140 cm³/mol. The number of hydrogen-bond donors (Lipinski definition) is 4. The van der Waals surface area contributed by atoms with E-state index < -0.39 is 79.8 Å². The highest BCUT2D eigenvalue weighted by Crippen LogP contribution is 2.47. The number of para-hydroxylation sites is 1. The Morgan fingerprint density at radius 2 is 1.95 bits per heavy atom. The summed E-state index contributed by atoms with van der Waals surface area (Å²) in [7, 11) is -4.41. The van der Waals surface area contributed by atoms with Crippen LogP contribution < -0.4 is 20.9 Å². The van der Waals surface area contributed by atoms with Gasteiger partial charge in [0.05, 0.1) is 16.0 Å². The SMILES string of the molecule is [2H]c1c([2H])n([C@@H]2O[C@H](COP(=O)(NC(C(=O)OCC(C)C)C(C)C)Oc3ccccc3)[C@@H](O)[C@@]2(C)O)c(=O)[nH]c1=O. The molecule has 216 valence electrons. The molecule has 2 heterocycles. The molecule has 0 radical (unpaired) electrons. The molecule has 0 saturated carbocycles. The third-order valence-corrected chi connectivity index (χ3v) is 7.41. The van der Waals surface area contributed by atoms with E-state index in [1.165, 1.54) is 12.1 Å². The van der Waals surface area contributed by atoms with E-state index >= 15 is 0 Å². The Morgan fingerprint density at radius 1 is 1.28 bits per heavy atom. The first kappa shape index (κ1) is 27.8. The third-order valence-electron chi connectivity index (χ3n) is 5.87. The fourth-order valence-electron chi connectivity index (χ4n) is 3.73. The molecular weight excluding hydrogens is 533 g/mol. The van der Waals surface area contributed by atoms with Gasteiger partial charge in [0.15, 0.2) is 6.23 Å². The monoisotopic (exact) mass is 571 g/mol. The Hall–Kier alpha value is -2.80. The van der Waals surface area contributed by atoms with Crippen LogP contribution in [0.15, 0.2) is 52.1 Å². The van der Waals surface area contributed by atoms with E-state index in [4.69, 9.17) is 21.3 Å². The van der Waals surface area contributed by atoms with Crippen LogP contribution in [0.1, 0.15) is 43.6 Å². The van der Waals surface area contributed by atoms with Gasteiger partial charge in [0.2, 0.25) is 0 Å². The minimum Gasteiger partial charge on any atom is -0.464 e. The molecule has 0 aliphatic carbocycles. The first-order chi connectivity index (χ1) is 19.1. The van der Waals surface area contributed by atoms with Crippen LogP contribution in [-0.2, 0) is 23.4 Å². The molecule has 39 heavy (non-hydrogen) atoms. The number of ether oxygens (including phenoxy) is 2. The average Bonchev–Trinajstić information content (AvgIpc) is 3.12. The zero-order chi connectivity index (χ0) is 30.7. The van der Waals surface area contributed by atoms with Gasteiger partial charge in [-0.05, 0) is 30.9 Å². The van der Waals surface area contributed by atoms with Crippen molar-refractivity contribution in [3.05, 3.63) is 63.4 Å². The number of rotatable bonds is 12. The van der Waals surface area contributed by atoms with Crippen LogP contribution in [0.25, 0.3) is 0 Å². The van der Waals surface area contributed by atoms with E-state index in [2.05, 4.69) is 5.09 Å². The van der Waals surface area contributed by atoms with Gasteiger partial charge in [-0.2, -0.15) is 5.09 Å². The van der Waals surface area contributed by atoms with E-state index in [9.17, 15) is 29.2 Å². The number of aromatic nitrogens is 2. The third kappa shape index (κ3) is 7.65. The van der Waals surface area contributed by atoms with Crippen molar-refractivity contribution in [1.82, 2.24) is 14.6 Å². The van der Waals surface area contributed by atoms with Gasteiger partial charge in [0, 0.05) is 12.2 Å². The summed E-state index contributed by atoms with van der Waals surface area (Å²) >= 11 is 0. The zero-order valence-corrected chi connectivity index (χ0v) is 23.2. The molecule has 3 rings (SSSR count). The molecule has 1 aliphatic heterocycles. The van der Waals surface area contributed by atoms with Gasteiger partial charge >= 0.3 is 19.4 Å². The molecule has 4 N–H and O–H groups in total. The lowest BCUT2D eigenvalue weighted by Crippen LogP contribution is -2.47. The smallest absolute Gasteiger partial charge is 0.459 e. The van der Waals surface area contributed by atoms with E-state index in [0.29, 0.717) is 4.57 Å². The van der Waals surface area contributed by atoms with Crippen molar-refractivity contribution in [2.45, 2.75) is 64.7 Å². The quantitative estimate of drug-likeness (QED) is 0.215. The number of benzene rings is 1. The summed E-state index contributed by atoms with van der Waals surface area (Å²) in [5.74, 6) is -0.893. The van der Waals surface area contributed by atoms with Crippen molar-refractivity contribution in [3.63, 3.8) is 0 Å². The van der Waals surface area contributed by atoms with Crippen LogP contribution in [0.5, 0.6) is 5.75 Å². The number of H-pyrrole nitrogens is 1. The Balaban J connectivity index is 1.88. The highest BCUT2D eigenvalue weighted by molar-refractivity contribution is 7.52. The van der Waals surface area contributed by atoms with E-state index in [0.717, 1.165) is 6.92 Å². The van der Waals surface area contributed by atoms with Crippen molar-refractivity contribution in [3.8, 4) is 5.75 Å². The zero-order valence-electron chi connectivity index (χ0n) is 24.3. The number of nitrogens with zero attached hydrogens (tertiary/aromatic N) is 1. The lowest BCUT2D eigenvalue weighted by Gasteiger charge is -2.28. The lowest BCUT2D eigenvalue weighted by molar-refractivity contribution is -0.148. The van der Waals surface area contributed by atoms with Crippen molar-refractivity contribution in [2.75, 3.05) is 13.2 Å². The summed E-state index contributed by atoms with van der Waals surface area (Å²) < 4.78 is 52.5. The highest BCUT2D eigenvalue weighted by atomic mass is 31.2. The molecule has 1 saturated heterocycles. The van der Waals surface area contributed by atoms with Gasteiger partial charge < -0.3 is 24.2 Å². The summed E-state index contributed by atoms with van der Waals surface area (Å²) in [5.41, 5.74) is -4.46. The van der Waals surface area contributed by atoms with Crippen LogP contribution >= 0.6 is 7.75 Å². The fourth-order valence-corrected chi connectivity index (χ4v) is 5.40. The first-order valence-corrected chi connectivity index (χ1v) is 13.9. The summed E-state index contributed by atoms with van der Waals surface area (Å²) in [5, 5.41) is 24.5. The summed E-state index contributed by atoms with van der Waals surface area (Å²) in [6.07, 6.45) is -5.75. The largest absolute Gasteiger partial charge is 0.464 e. The molecule has 1 aromatic carbocycles. The van der Waals surface area contributed by atoms with Crippen molar-refractivity contribution in [2.24, 2.45) is 11.8 Å². The lowest BCUT2D eigenvalue weighted by atomic mass is 9.96. The van der Waals surface area contributed by atoms with E-state index in [-0.39, 0.29) is 18.3 Å². The van der Waals surface area contributed by atoms with Gasteiger partial charge in [0.1, 0.15) is 29.6 Å². The molecule has 0 spiro atoms. The average molecular weight is 572 g/mol. The summed E-state index contributed by atoms with van der Waals surface area (Å²) in [6, 6.07) is 6.02. The topological polar surface area (TPSA) is 178 Å². The maximum Gasteiger partial charge on any atom is 0.459 e. The Kier molecular flexibility index (Phi) is 8.96. The number of carbonyl (C=O) groups excluding carboxylic acids is 1. The number of nitrogens with one attached hydrogen (secondary N) is 2. The number of aliphatic hydroxyl groups is 2. The van der Waals surface area contributed by atoms with Crippen molar-refractivity contribution < 1.29 is 40.8 Å². The molecule has 0 amide bonds. The van der Waals surface area contributed by atoms with Crippen LogP contribution in [-0.4, -0.2) is 62.8 Å². The van der Waals surface area contributed by atoms with Crippen LogP contribution in [0, 0.1) is 11.8 Å². The summed E-state index contributed by atoms with van der Waals surface area (Å²) in [6.45, 7) is 7.72. The standard InChI is InChI=1S/C25H36N3O10P/c1-15(2)13-35-22(31)20(16(3)4)27-39(34,38-17-9-7-6-8-10-17)36-14-18-21(30)25(5,33)23(37-18)28-12-11-19(29)26-24(28)32/h6-12,15-16,18,20-21,23,30,33H,13-14H2,1-5H3,(H,27,34)(H,26,29,32)/t18-,20?,21-,23-,25-,39?/m1/s1/i11D,12D. The van der Waals surface area contributed by atoms with Crippen LogP contribution in [0.2, 0.25) is 0 Å². The second-order valence-electron chi connectivity index (χ2n) is 10.1. The first-order valence-electron chi connectivity index (χ1n) is 13.4. The molecule has 2 aromatic rings. The predicted octanol–water partition coefficient (Wildman–Crippen LogP) is 1.56. The van der Waals surface area contributed by atoms with Gasteiger partial charge in [-0.3, -0.25) is 23.7 Å². The molecule has 0 bridgehead atoms. The van der Waals surface area contributed by atoms with Gasteiger partial charge in [-0.15, -0.1) is 0 Å². The minimum atomic E-state index is -4.41. The van der Waals surface area contributed by atoms with Gasteiger partial charge in [-0.25, -0.2) is 9.36 Å². The Labute approximate surface area is 228 Å². The molecule has 13 nitrogen and oxygen atoms in total. The molecular formula is C25H36N3O10P. The normalized spacial score (nSPS) is 26.1. The molecule has 1 fully saturated rings. The second-order valence-corrected chi connectivity index (χ2v) is 11.8. The molecule has 1 aromatic heterocycles. The number of carbonyl (C=O) groups is 1. The maximum absolute atomic E-state index is 14.0. The van der Waals surface area contributed by atoms with Gasteiger partial charge in [-0.1, -0.05) is 45.9 Å². The second kappa shape index (κ2) is 12.6. The molecule has 14 heteroatoms. The minimum absolute atomic E-state index is 0.0578. The number of hydrogen-bond acceptors (Lipinski definition) is 10. The van der Waals surface area contributed by atoms with E-state index in [1.807, 2.05) is 18.8 Å². The van der Waals surface area contributed by atoms with E-state index in [1.54, 1.807) is 32.0 Å². The summed E-state index contributed by atoms with van der Waals surface area (Å²) in [4.78, 5) is 38.8. The number of aromatic amines is 1. The van der Waals surface area contributed by atoms with Gasteiger partial charge in [0.25, 0.3) is 5.56 Å². The molecule has 1 aliphatic rings. The highest BCUT2D eigenvalue weighted by Gasteiger charge is 2.54. The van der Waals surface area contributed by atoms with Crippen LogP contribution in [0.3, 0.4) is 0 Å². The van der Waals surface area contributed by atoms with Crippen LogP contribution in [0.4, 0.5) is 0 Å². The Bertz CT molecular complexity index is 1380. The fraction of sp³-hybridized carbons (Fsp3) is 0.560. The molecule has 6 atom stereocenters.